The van der Waals surface area contributed by atoms with Crippen molar-refractivity contribution in [2.45, 2.75) is 19.4 Å². The zero-order valence-electron chi connectivity index (χ0n) is 12.8. The molecule has 6 nitrogen and oxygen atoms in total. The van der Waals surface area contributed by atoms with Crippen LogP contribution in [0.4, 0.5) is 13.2 Å². The second-order valence-electron chi connectivity index (χ2n) is 5.49. The molecule has 0 radical (unpaired) electrons. The lowest BCUT2D eigenvalue weighted by Crippen LogP contribution is -2.44. The summed E-state index contributed by atoms with van der Waals surface area (Å²) in [6, 6.07) is 6.09. The van der Waals surface area contributed by atoms with E-state index in [1.807, 2.05) is 0 Å². The molecule has 10 heteroatoms. The summed E-state index contributed by atoms with van der Waals surface area (Å²) in [7, 11) is -6.17. The van der Waals surface area contributed by atoms with E-state index < -0.39 is 27.4 Å². The van der Waals surface area contributed by atoms with Gasteiger partial charge >= 0.3 is 15.6 Å². The zero-order chi connectivity index (χ0) is 18.7. The molecule has 25 heavy (non-hydrogen) atoms. The first-order chi connectivity index (χ1) is 11.5. The SMILES string of the molecule is Cc1ccc2c(C)ccc3c2c1C(=O)N(OS(=O)(=O)C(F)(F)F)C3=O. The molecule has 0 bridgehead atoms. The van der Waals surface area contributed by atoms with Crippen molar-refractivity contribution in [2.75, 3.05) is 0 Å². The lowest BCUT2D eigenvalue weighted by Gasteiger charge is -2.27. The van der Waals surface area contributed by atoms with Gasteiger partial charge in [0.2, 0.25) is 0 Å². The maximum Gasteiger partial charge on any atom is 0.525 e. The second-order valence-corrected chi connectivity index (χ2v) is 7.01. The number of carbonyl (C=O) groups excluding carboxylic acids is 2. The summed E-state index contributed by atoms with van der Waals surface area (Å²) in [6.45, 7) is 3.26. The van der Waals surface area contributed by atoms with Crippen LogP contribution in [0.5, 0.6) is 0 Å². The highest BCUT2D eigenvalue weighted by atomic mass is 32.2. The van der Waals surface area contributed by atoms with Crippen molar-refractivity contribution in [3.8, 4) is 0 Å². The number of benzene rings is 2. The Kier molecular flexibility index (Phi) is 3.66. The number of halogens is 3. The Bertz CT molecular complexity index is 1040. The van der Waals surface area contributed by atoms with Crippen molar-refractivity contribution < 1.29 is 35.5 Å². The van der Waals surface area contributed by atoms with Gasteiger partial charge in [0.25, 0.3) is 11.8 Å². The molecule has 0 unspecified atom stereocenters. The van der Waals surface area contributed by atoms with Gasteiger partial charge in [-0.2, -0.15) is 21.6 Å². The third-order valence-electron chi connectivity index (χ3n) is 3.88. The number of aryl methyl sites for hydroxylation is 2. The molecular weight excluding hydrogens is 363 g/mol. The van der Waals surface area contributed by atoms with E-state index in [1.165, 1.54) is 13.0 Å². The summed E-state index contributed by atoms with van der Waals surface area (Å²) in [5.41, 5.74) is -4.85. The minimum Gasteiger partial charge on any atom is -0.266 e. The first-order valence-corrected chi connectivity index (χ1v) is 8.29. The van der Waals surface area contributed by atoms with Crippen molar-refractivity contribution in [3.05, 3.63) is 46.5 Å². The van der Waals surface area contributed by atoms with Crippen molar-refractivity contribution in [2.24, 2.45) is 0 Å². The summed E-state index contributed by atoms with van der Waals surface area (Å²) in [5, 5.41) is 0.472. The lowest BCUT2D eigenvalue weighted by atomic mass is 9.90. The molecule has 1 aliphatic rings. The Hall–Kier alpha value is -2.46. The third-order valence-corrected chi connectivity index (χ3v) is 4.79. The molecule has 0 fully saturated rings. The van der Waals surface area contributed by atoms with E-state index >= 15 is 0 Å². The molecule has 3 rings (SSSR count). The number of hydrogen-bond donors (Lipinski definition) is 0. The predicted molar refractivity (Wildman–Crippen MR) is 80.0 cm³/mol. The van der Waals surface area contributed by atoms with Gasteiger partial charge in [-0.15, -0.1) is 9.35 Å². The quantitative estimate of drug-likeness (QED) is 0.597. The van der Waals surface area contributed by atoms with Crippen LogP contribution in [0.2, 0.25) is 0 Å². The molecule has 0 saturated carbocycles. The highest BCUT2D eigenvalue weighted by Crippen LogP contribution is 2.35. The number of nitrogens with zero attached hydrogens (tertiary/aromatic N) is 1. The largest absolute Gasteiger partial charge is 0.525 e. The molecule has 0 aliphatic carbocycles. The van der Waals surface area contributed by atoms with Crippen LogP contribution in [-0.2, 0) is 14.4 Å². The molecular formula is C15H10F3NO5S. The molecule has 0 spiro atoms. The van der Waals surface area contributed by atoms with Crippen LogP contribution in [0, 0.1) is 13.8 Å². The first-order valence-electron chi connectivity index (χ1n) is 6.88. The number of alkyl halides is 3. The van der Waals surface area contributed by atoms with Crippen LogP contribution in [0.25, 0.3) is 10.8 Å². The number of carbonyl (C=O) groups is 2. The zero-order valence-corrected chi connectivity index (χ0v) is 13.7. The highest BCUT2D eigenvalue weighted by molar-refractivity contribution is 7.87. The second kappa shape index (κ2) is 5.27. The van der Waals surface area contributed by atoms with E-state index in [9.17, 15) is 31.2 Å². The van der Waals surface area contributed by atoms with Gasteiger partial charge in [0.1, 0.15) is 0 Å². The van der Waals surface area contributed by atoms with Crippen LogP contribution in [0.3, 0.4) is 0 Å². The topological polar surface area (TPSA) is 80.8 Å². The summed E-state index contributed by atoms with van der Waals surface area (Å²) in [5.74, 6) is -2.54. The fraction of sp³-hybridized carbons (Fsp3) is 0.200. The molecule has 132 valence electrons. The van der Waals surface area contributed by atoms with E-state index in [4.69, 9.17) is 0 Å². The number of imide groups is 1. The Morgan fingerprint density at radius 3 is 2.16 bits per heavy atom. The molecule has 0 atom stereocenters. The molecule has 2 aromatic rings. The van der Waals surface area contributed by atoms with Gasteiger partial charge in [-0.1, -0.05) is 18.2 Å². The maximum atomic E-state index is 12.5. The van der Waals surface area contributed by atoms with Crippen LogP contribution >= 0.6 is 0 Å². The Morgan fingerprint density at radius 2 is 1.56 bits per heavy atom. The fourth-order valence-electron chi connectivity index (χ4n) is 2.66. The van der Waals surface area contributed by atoms with E-state index in [1.54, 1.807) is 25.1 Å². The number of amides is 2. The van der Waals surface area contributed by atoms with Gasteiger partial charge < -0.3 is 0 Å². The van der Waals surface area contributed by atoms with Crippen molar-refractivity contribution >= 4 is 32.7 Å². The molecule has 1 aliphatic heterocycles. The standard InChI is InChI=1S/C15H10F3NO5S/c1-7-3-6-10-12-9(7)5-4-8(2)11(12)14(21)19(13(10)20)24-25(22,23)15(16,17)18/h3-6H,1-2H3. The van der Waals surface area contributed by atoms with E-state index in [0.717, 1.165) is 5.56 Å². The lowest BCUT2D eigenvalue weighted by molar-refractivity contribution is -0.0761. The average molecular weight is 373 g/mol. The highest BCUT2D eigenvalue weighted by Gasteiger charge is 2.51. The maximum absolute atomic E-state index is 12.5. The molecule has 0 saturated heterocycles. The van der Waals surface area contributed by atoms with Gasteiger partial charge in [0.15, 0.2) is 0 Å². The average Bonchev–Trinajstić information content (AvgIpc) is 2.49. The third kappa shape index (κ3) is 2.48. The van der Waals surface area contributed by atoms with Crippen LogP contribution < -0.4 is 0 Å². The number of hydroxylamine groups is 2. The van der Waals surface area contributed by atoms with Crippen molar-refractivity contribution in [3.63, 3.8) is 0 Å². The van der Waals surface area contributed by atoms with Gasteiger partial charge in [0.05, 0.1) is 11.1 Å². The van der Waals surface area contributed by atoms with Crippen LogP contribution in [0.15, 0.2) is 24.3 Å². The van der Waals surface area contributed by atoms with Gasteiger partial charge in [0, 0.05) is 5.39 Å². The Morgan fingerprint density at radius 1 is 0.960 bits per heavy atom. The molecule has 2 amide bonds. The summed E-state index contributed by atoms with van der Waals surface area (Å²) >= 11 is 0. The minimum atomic E-state index is -6.17. The smallest absolute Gasteiger partial charge is 0.266 e. The van der Waals surface area contributed by atoms with Crippen molar-refractivity contribution in [1.29, 1.82) is 0 Å². The molecule has 0 aromatic heterocycles. The van der Waals surface area contributed by atoms with Crippen molar-refractivity contribution in [1.82, 2.24) is 5.06 Å². The van der Waals surface area contributed by atoms with E-state index in [2.05, 4.69) is 4.28 Å². The molecule has 0 N–H and O–H groups in total. The predicted octanol–water partition coefficient (Wildman–Crippen LogP) is 2.83. The summed E-state index contributed by atoms with van der Waals surface area (Å²) in [4.78, 5) is 24.9. The summed E-state index contributed by atoms with van der Waals surface area (Å²) < 4.78 is 63.9. The van der Waals surface area contributed by atoms with Crippen LogP contribution in [-0.4, -0.2) is 30.8 Å². The number of hydrogen-bond acceptors (Lipinski definition) is 5. The minimum absolute atomic E-state index is 0.0758. The summed E-state index contributed by atoms with van der Waals surface area (Å²) in [6.07, 6.45) is 0. The normalized spacial score (nSPS) is 15.2. The van der Waals surface area contributed by atoms with Gasteiger partial charge in [-0.05, 0) is 36.4 Å². The Balaban J connectivity index is 2.24. The van der Waals surface area contributed by atoms with E-state index in [0.29, 0.717) is 10.9 Å². The monoisotopic (exact) mass is 373 g/mol. The molecule has 1 heterocycles. The van der Waals surface area contributed by atoms with Gasteiger partial charge in [-0.3, -0.25) is 9.59 Å². The van der Waals surface area contributed by atoms with E-state index in [-0.39, 0.29) is 21.6 Å². The molecule has 2 aromatic carbocycles. The Labute approximate surface area is 139 Å². The van der Waals surface area contributed by atoms with Crippen LogP contribution in [0.1, 0.15) is 31.8 Å². The first kappa shape index (κ1) is 17.4. The van der Waals surface area contributed by atoms with Gasteiger partial charge in [-0.25, -0.2) is 0 Å². The fourth-order valence-corrected chi connectivity index (χ4v) is 3.08. The number of rotatable bonds is 2.